The van der Waals surface area contributed by atoms with Gasteiger partial charge in [0.2, 0.25) is 0 Å². The molecule has 1 aromatic carbocycles. The van der Waals surface area contributed by atoms with Crippen LogP contribution in [0.5, 0.6) is 0 Å². The van der Waals surface area contributed by atoms with E-state index in [1.54, 1.807) is 0 Å². The summed E-state index contributed by atoms with van der Waals surface area (Å²) < 4.78 is 34.9. The number of hydrogen-bond donors (Lipinski definition) is 0. The lowest BCUT2D eigenvalue weighted by atomic mass is 9.83. The first-order chi connectivity index (χ1) is 14.1. The molecule has 0 N–H and O–H groups in total. The molecule has 0 fully saturated rings. The number of hydrogen-bond acceptors (Lipinski definition) is 0. The SMILES string of the molecule is CCC1=C(C)C2=C(c3ccc(C)c(Cl)c3)c3c(C)c(CC)c(C)n3[B-](F)(F)[N+]2=C1C. The van der Waals surface area contributed by atoms with Crippen molar-refractivity contribution >= 4 is 29.9 Å². The lowest BCUT2D eigenvalue weighted by Crippen LogP contribution is -2.51. The topological polar surface area (TPSA) is 7.94 Å². The lowest BCUT2D eigenvalue weighted by molar-refractivity contribution is -0.363. The molecule has 30 heavy (non-hydrogen) atoms. The van der Waals surface area contributed by atoms with Crippen LogP contribution in [0.15, 0.2) is 35.0 Å². The standard InChI is InChI=1S/C24H28BClF2N2/c1-8-19-14(4)23-22(18-11-10-13(3)21(26)12-18)24-15(5)20(9-2)17(7)30(24)25(27,28)29(23)16(19)6/h10-12H,8-9H2,1-7H3. The highest BCUT2D eigenvalue weighted by atomic mass is 35.5. The van der Waals surface area contributed by atoms with Crippen LogP contribution in [0, 0.1) is 20.8 Å². The largest absolute Gasteiger partial charge is 0.737 e. The molecule has 3 heterocycles. The van der Waals surface area contributed by atoms with Crippen LogP contribution in [-0.2, 0) is 6.42 Å². The second-order valence-corrected chi connectivity index (χ2v) is 8.86. The zero-order valence-electron chi connectivity index (χ0n) is 18.8. The quantitative estimate of drug-likeness (QED) is 0.473. The molecule has 6 heteroatoms. The summed E-state index contributed by atoms with van der Waals surface area (Å²) >= 11 is 6.48. The summed E-state index contributed by atoms with van der Waals surface area (Å²) in [5.41, 5.74) is 9.14. The molecule has 2 aromatic rings. The van der Waals surface area contributed by atoms with Gasteiger partial charge in [-0.2, -0.15) is 0 Å². The molecule has 0 atom stereocenters. The molecule has 0 amide bonds. The predicted octanol–water partition coefficient (Wildman–Crippen LogP) is 6.84. The van der Waals surface area contributed by atoms with Gasteiger partial charge in [0.25, 0.3) is 0 Å². The minimum Gasteiger partial charge on any atom is -0.393 e. The maximum atomic E-state index is 16.2. The molecule has 158 valence electrons. The van der Waals surface area contributed by atoms with E-state index in [1.165, 1.54) is 8.96 Å². The minimum absolute atomic E-state index is 0.630. The summed E-state index contributed by atoms with van der Waals surface area (Å²) in [4.78, 5) is 0. The molecule has 4 rings (SSSR count). The van der Waals surface area contributed by atoms with Crippen molar-refractivity contribution < 1.29 is 13.1 Å². The first kappa shape index (κ1) is 21.1. The smallest absolute Gasteiger partial charge is 0.393 e. The Labute approximate surface area is 182 Å². The van der Waals surface area contributed by atoms with Gasteiger partial charge in [0.05, 0.1) is 5.57 Å². The van der Waals surface area contributed by atoms with Crippen molar-refractivity contribution in [3.8, 4) is 0 Å². The number of benzene rings is 1. The summed E-state index contributed by atoms with van der Waals surface area (Å²) in [6, 6.07) is 5.88. The molecule has 1 aromatic heterocycles. The van der Waals surface area contributed by atoms with Crippen LogP contribution in [0.25, 0.3) is 5.57 Å². The zero-order valence-corrected chi connectivity index (χ0v) is 19.5. The van der Waals surface area contributed by atoms with Crippen LogP contribution in [0.1, 0.15) is 67.8 Å². The Bertz CT molecular complexity index is 1200. The van der Waals surface area contributed by atoms with Crippen LogP contribution in [0.3, 0.4) is 0 Å². The Morgan fingerprint density at radius 1 is 1.03 bits per heavy atom. The highest BCUT2D eigenvalue weighted by Crippen LogP contribution is 2.47. The molecule has 2 aliphatic rings. The van der Waals surface area contributed by atoms with Crippen molar-refractivity contribution in [1.29, 1.82) is 0 Å². The third-order valence-corrected chi connectivity index (χ3v) is 7.36. The number of fused-ring (bicyclic) bond motifs is 2. The summed E-state index contributed by atoms with van der Waals surface area (Å²) in [7, 11) is 0. The predicted molar refractivity (Wildman–Crippen MR) is 123 cm³/mol. The number of rotatable bonds is 3. The Morgan fingerprint density at radius 3 is 2.27 bits per heavy atom. The van der Waals surface area contributed by atoms with Crippen molar-refractivity contribution in [2.45, 2.75) is 61.3 Å². The fraction of sp³-hybridized carbons (Fsp3) is 0.375. The molecule has 0 saturated heterocycles. The van der Waals surface area contributed by atoms with E-state index in [4.69, 9.17) is 11.6 Å². The number of halogens is 3. The fourth-order valence-electron chi connectivity index (χ4n) is 5.50. The molecule has 0 saturated carbocycles. The Kier molecular flexibility index (Phi) is 4.89. The first-order valence-electron chi connectivity index (χ1n) is 10.6. The molecule has 2 aliphatic heterocycles. The molecule has 0 aliphatic carbocycles. The molecule has 0 unspecified atom stereocenters. The number of aryl methyl sites for hydroxylation is 1. The Hall–Kier alpha value is -2.14. The third-order valence-electron chi connectivity index (χ3n) is 6.96. The van der Waals surface area contributed by atoms with Crippen molar-refractivity contribution in [3.63, 3.8) is 0 Å². The maximum Gasteiger partial charge on any atom is 0.737 e. The van der Waals surface area contributed by atoms with Gasteiger partial charge >= 0.3 is 6.97 Å². The normalized spacial score (nSPS) is 17.8. The molecular weight excluding hydrogens is 401 g/mol. The van der Waals surface area contributed by atoms with Gasteiger partial charge in [0, 0.05) is 28.8 Å². The van der Waals surface area contributed by atoms with Crippen LogP contribution in [0.2, 0.25) is 5.02 Å². The van der Waals surface area contributed by atoms with E-state index in [2.05, 4.69) is 0 Å². The Balaban J connectivity index is 2.23. The van der Waals surface area contributed by atoms with E-state index in [9.17, 15) is 0 Å². The summed E-state index contributed by atoms with van der Waals surface area (Å²) in [6.07, 6.45) is 1.44. The van der Waals surface area contributed by atoms with Crippen LogP contribution < -0.4 is 0 Å². The summed E-state index contributed by atoms with van der Waals surface area (Å²) in [5, 5.41) is 0.647. The highest BCUT2D eigenvalue weighted by molar-refractivity contribution is 6.58. The average molecular weight is 429 g/mol. The van der Waals surface area contributed by atoms with Crippen molar-refractivity contribution in [2.75, 3.05) is 0 Å². The average Bonchev–Trinajstić information content (AvgIpc) is 3.09. The lowest BCUT2D eigenvalue weighted by Gasteiger charge is -2.34. The van der Waals surface area contributed by atoms with Crippen LogP contribution in [0.4, 0.5) is 8.63 Å². The molecule has 0 bridgehead atoms. The second kappa shape index (κ2) is 6.95. The van der Waals surface area contributed by atoms with Gasteiger partial charge in [0.15, 0.2) is 5.70 Å². The van der Waals surface area contributed by atoms with E-state index < -0.39 is 6.97 Å². The molecule has 0 radical (unpaired) electrons. The summed E-state index contributed by atoms with van der Waals surface area (Å²) in [5.74, 6) is 0. The third kappa shape index (κ3) is 2.57. The van der Waals surface area contributed by atoms with E-state index in [-0.39, 0.29) is 0 Å². The minimum atomic E-state index is -3.99. The van der Waals surface area contributed by atoms with E-state index in [0.717, 1.165) is 51.8 Å². The monoisotopic (exact) mass is 428 g/mol. The van der Waals surface area contributed by atoms with Gasteiger partial charge in [0.1, 0.15) is 5.71 Å². The van der Waals surface area contributed by atoms with Gasteiger partial charge in [-0.15, -0.1) is 0 Å². The van der Waals surface area contributed by atoms with Crippen molar-refractivity contribution in [1.82, 2.24) is 4.48 Å². The van der Waals surface area contributed by atoms with Crippen LogP contribution in [-0.4, -0.2) is 21.6 Å². The van der Waals surface area contributed by atoms with E-state index >= 15 is 8.63 Å². The fourth-order valence-corrected chi connectivity index (χ4v) is 5.68. The second-order valence-electron chi connectivity index (χ2n) is 8.45. The molecule has 0 spiro atoms. The Morgan fingerprint density at radius 2 is 1.70 bits per heavy atom. The van der Waals surface area contributed by atoms with E-state index in [0.29, 0.717) is 27.8 Å². The molecular formula is C24H28BClF2N2. The van der Waals surface area contributed by atoms with Crippen molar-refractivity contribution in [3.05, 3.63) is 73.7 Å². The van der Waals surface area contributed by atoms with Gasteiger partial charge in [-0.1, -0.05) is 37.6 Å². The van der Waals surface area contributed by atoms with E-state index in [1.807, 2.05) is 66.7 Å². The first-order valence-corrected chi connectivity index (χ1v) is 11.0. The highest BCUT2D eigenvalue weighted by Gasteiger charge is 2.56. The molecule has 2 nitrogen and oxygen atoms in total. The zero-order chi connectivity index (χ0) is 22.1. The van der Waals surface area contributed by atoms with Gasteiger partial charge in [-0.3, -0.25) is 0 Å². The number of allylic oxidation sites excluding steroid dienone is 2. The van der Waals surface area contributed by atoms with Crippen molar-refractivity contribution in [2.24, 2.45) is 0 Å². The summed E-state index contributed by atoms with van der Waals surface area (Å²) in [6.45, 7) is 9.61. The van der Waals surface area contributed by atoms with Gasteiger partial charge in [-0.05, 0) is 74.6 Å². The van der Waals surface area contributed by atoms with Gasteiger partial charge < -0.3 is 17.6 Å². The maximum absolute atomic E-state index is 16.2. The van der Waals surface area contributed by atoms with Gasteiger partial charge in [-0.25, -0.2) is 0 Å². The number of aromatic nitrogens is 1. The number of nitrogens with zero attached hydrogens (tertiary/aromatic N) is 2. The van der Waals surface area contributed by atoms with Crippen LogP contribution >= 0.6 is 11.6 Å².